The average Bonchev–Trinajstić information content (AvgIpc) is 2.99. The predicted molar refractivity (Wildman–Crippen MR) is 118 cm³/mol. The molecule has 0 saturated heterocycles. The van der Waals surface area contributed by atoms with Crippen LogP contribution in [0.25, 0.3) is 5.57 Å². The standard InChI is InChI=1S/C25H22N2O3/c1-3-30-21-14-12-18(13-15-21)22-23(26-19-9-7-8-17(2)16-19)25(29)27(24(22)28)20-10-5-4-6-11-20/h4-16,26H,3H2,1-2H3. The van der Waals surface area contributed by atoms with Crippen molar-refractivity contribution in [2.45, 2.75) is 13.8 Å². The monoisotopic (exact) mass is 398 g/mol. The highest BCUT2D eigenvalue weighted by atomic mass is 16.5. The van der Waals surface area contributed by atoms with Crippen molar-refractivity contribution < 1.29 is 14.3 Å². The third-order valence-corrected chi connectivity index (χ3v) is 4.84. The summed E-state index contributed by atoms with van der Waals surface area (Å²) in [5.74, 6) is -0.0196. The smallest absolute Gasteiger partial charge is 0.282 e. The number of aryl methyl sites for hydroxylation is 1. The van der Waals surface area contributed by atoms with Crippen molar-refractivity contribution in [3.05, 3.63) is 95.7 Å². The second-order valence-corrected chi connectivity index (χ2v) is 6.98. The van der Waals surface area contributed by atoms with Crippen molar-refractivity contribution in [3.8, 4) is 5.75 Å². The topological polar surface area (TPSA) is 58.6 Å². The van der Waals surface area contributed by atoms with Gasteiger partial charge < -0.3 is 10.1 Å². The second kappa shape index (κ2) is 8.25. The molecule has 4 rings (SSSR count). The van der Waals surface area contributed by atoms with Crippen LogP contribution in [0, 0.1) is 6.92 Å². The van der Waals surface area contributed by atoms with Crippen LogP contribution in [-0.4, -0.2) is 18.4 Å². The molecule has 1 N–H and O–H groups in total. The van der Waals surface area contributed by atoms with Gasteiger partial charge in [-0.2, -0.15) is 0 Å². The summed E-state index contributed by atoms with van der Waals surface area (Å²) in [5.41, 5.74) is 3.61. The van der Waals surface area contributed by atoms with Gasteiger partial charge in [-0.05, 0) is 61.4 Å². The fraction of sp³-hybridized carbons (Fsp3) is 0.120. The molecule has 0 spiro atoms. The van der Waals surface area contributed by atoms with Crippen LogP contribution in [-0.2, 0) is 9.59 Å². The van der Waals surface area contributed by atoms with Gasteiger partial charge in [-0.25, -0.2) is 4.90 Å². The SMILES string of the molecule is CCOc1ccc(C2=C(Nc3cccc(C)c3)C(=O)N(c3ccccc3)C2=O)cc1. The second-order valence-electron chi connectivity index (χ2n) is 6.98. The minimum absolute atomic E-state index is 0.263. The fourth-order valence-electron chi connectivity index (χ4n) is 3.48. The lowest BCUT2D eigenvalue weighted by Crippen LogP contribution is -2.32. The zero-order valence-corrected chi connectivity index (χ0v) is 16.9. The molecule has 3 aromatic carbocycles. The molecule has 0 unspecified atom stereocenters. The van der Waals surface area contributed by atoms with Crippen LogP contribution >= 0.6 is 0 Å². The van der Waals surface area contributed by atoms with Gasteiger partial charge in [0.15, 0.2) is 0 Å². The van der Waals surface area contributed by atoms with Crippen LogP contribution in [0.15, 0.2) is 84.6 Å². The van der Waals surface area contributed by atoms with E-state index in [-0.39, 0.29) is 17.5 Å². The molecule has 1 aliphatic heterocycles. The van der Waals surface area contributed by atoms with Gasteiger partial charge >= 0.3 is 0 Å². The van der Waals surface area contributed by atoms with E-state index in [9.17, 15) is 9.59 Å². The summed E-state index contributed by atoms with van der Waals surface area (Å²) in [6, 6.07) is 23.9. The first-order valence-electron chi connectivity index (χ1n) is 9.83. The van der Waals surface area contributed by atoms with Crippen LogP contribution in [0.2, 0.25) is 0 Å². The molecule has 5 nitrogen and oxygen atoms in total. The van der Waals surface area contributed by atoms with Gasteiger partial charge in [0.05, 0.1) is 17.9 Å². The van der Waals surface area contributed by atoms with Crippen LogP contribution in [0.1, 0.15) is 18.1 Å². The van der Waals surface area contributed by atoms with E-state index in [2.05, 4.69) is 5.32 Å². The largest absolute Gasteiger partial charge is 0.494 e. The lowest BCUT2D eigenvalue weighted by molar-refractivity contribution is -0.120. The number of rotatable bonds is 6. The molecular weight excluding hydrogens is 376 g/mol. The van der Waals surface area contributed by atoms with Gasteiger partial charge in [-0.15, -0.1) is 0 Å². The van der Waals surface area contributed by atoms with Crippen LogP contribution < -0.4 is 15.0 Å². The van der Waals surface area contributed by atoms with Crippen molar-refractivity contribution in [1.82, 2.24) is 0 Å². The molecule has 0 atom stereocenters. The molecule has 5 heteroatoms. The van der Waals surface area contributed by atoms with Gasteiger partial charge in [-0.1, -0.05) is 42.5 Å². The number of ether oxygens (including phenoxy) is 1. The van der Waals surface area contributed by atoms with E-state index in [1.54, 1.807) is 48.5 Å². The molecule has 3 aromatic rings. The number of carbonyl (C=O) groups excluding carboxylic acids is 2. The molecule has 0 aliphatic carbocycles. The highest BCUT2D eigenvalue weighted by Crippen LogP contribution is 2.34. The summed E-state index contributed by atoms with van der Waals surface area (Å²) in [6.45, 7) is 4.45. The molecule has 0 bridgehead atoms. The molecule has 0 radical (unpaired) electrons. The Morgan fingerprint density at radius 2 is 1.60 bits per heavy atom. The Labute approximate surface area is 175 Å². The Balaban J connectivity index is 1.79. The number of nitrogens with one attached hydrogen (secondary N) is 1. The Hall–Kier alpha value is -3.86. The van der Waals surface area contributed by atoms with E-state index < -0.39 is 0 Å². The maximum absolute atomic E-state index is 13.4. The molecule has 0 fully saturated rings. The van der Waals surface area contributed by atoms with E-state index in [0.29, 0.717) is 29.2 Å². The van der Waals surface area contributed by atoms with E-state index in [1.807, 2.05) is 44.2 Å². The molecule has 1 aliphatic rings. The van der Waals surface area contributed by atoms with Crippen molar-refractivity contribution in [2.24, 2.45) is 0 Å². The van der Waals surface area contributed by atoms with Crippen molar-refractivity contribution >= 4 is 28.8 Å². The summed E-state index contributed by atoms with van der Waals surface area (Å²) < 4.78 is 5.50. The molecule has 2 amide bonds. The molecule has 1 heterocycles. The number of hydrogen-bond acceptors (Lipinski definition) is 4. The van der Waals surface area contributed by atoms with Gasteiger partial charge in [0.1, 0.15) is 11.4 Å². The lowest BCUT2D eigenvalue weighted by atomic mass is 10.0. The van der Waals surface area contributed by atoms with Gasteiger partial charge in [0, 0.05) is 5.69 Å². The Kier molecular flexibility index (Phi) is 5.35. The number of amides is 2. The number of benzene rings is 3. The minimum atomic E-state index is -0.378. The number of para-hydroxylation sites is 1. The first-order valence-corrected chi connectivity index (χ1v) is 9.83. The van der Waals surface area contributed by atoms with Crippen molar-refractivity contribution in [1.29, 1.82) is 0 Å². The Morgan fingerprint density at radius 1 is 0.867 bits per heavy atom. The zero-order chi connectivity index (χ0) is 21.1. The van der Waals surface area contributed by atoms with Gasteiger partial charge in [-0.3, -0.25) is 9.59 Å². The molecule has 30 heavy (non-hydrogen) atoms. The number of imide groups is 1. The number of hydrogen-bond donors (Lipinski definition) is 1. The first-order chi connectivity index (χ1) is 14.6. The van der Waals surface area contributed by atoms with Crippen molar-refractivity contribution in [2.75, 3.05) is 16.8 Å². The number of nitrogens with zero attached hydrogens (tertiary/aromatic N) is 1. The minimum Gasteiger partial charge on any atom is -0.494 e. The maximum Gasteiger partial charge on any atom is 0.282 e. The third-order valence-electron chi connectivity index (χ3n) is 4.84. The fourth-order valence-corrected chi connectivity index (χ4v) is 3.48. The van der Waals surface area contributed by atoms with Crippen molar-refractivity contribution in [3.63, 3.8) is 0 Å². The summed E-state index contributed by atoms with van der Waals surface area (Å²) in [6.07, 6.45) is 0. The molecule has 0 saturated carbocycles. The lowest BCUT2D eigenvalue weighted by Gasteiger charge is -2.15. The summed E-state index contributed by atoms with van der Waals surface area (Å²) in [4.78, 5) is 27.9. The van der Waals surface area contributed by atoms with E-state index in [1.165, 1.54) is 4.90 Å². The Morgan fingerprint density at radius 3 is 2.27 bits per heavy atom. The van der Waals surface area contributed by atoms with Crippen LogP contribution in [0.4, 0.5) is 11.4 Å². The van der Waals surface area contributed by atoms with E-state index >= 15 is 0 Å². The van der Waals surface area contributed by atoms with E-state index in [4.69, 9.17) is 4.74 Å². The molecule has 150 valence electrons. The summed E-state index contributed by atoms with van der Waals surface area (Å²) >= 11 is 0. The van der Waals surface area contributed by atoms with Gasteiger partial charge in [0.25, 0.3) is 11.8 Å². The van der Waals surface area contributed by atoms with Gasteiger partial charge in [0.2, 0.25) is 0 Å². The normalized spacial score (nSPS) is 13.7. The summed E-state index contributed by atoms with van der Waals surface area (Å²) in [5, 5.41) is 3.19. The van der Waals surface area contributed by atoms with Crippen LogP contribution in [0.3, 0.4) is 0 Å². The quantitative estimate of drug-likeness (QED) is 0.607. The highest BCUT2D eigenvalue weighted by Gasteiger charge is 2.40. The zero-order valence-electron chi connectivity index (χ0n) is 16.9. The first kappa shape index (κ1) is 19.5. The third kappa shape index (κ3) is 3.70. The number of carbonyl (C=O) groups is 2. The summed E-state index contributed by atoms with van der Waals surface area (Å²) in [7, 11) is 0. The predicted octanol–water partition coefficient (Wildman–Crippen LogP) is 4.79. The molecular formula is C25H22N2O3. The van der Waals surface area contributed by atoms with Crippen LogP contribution in [0.5, 0.6) is 5.75 Å². The Bertz CT molecular complexity index is 1120. The highest BCUT2D eigenvalue weighted by molar-refractivity contribution is 6.46. The average molecular weight is 398 g/mol. The van der Waals surface area contributed by atoms with E-state index in [0.717, 1.165) is 11.3 Å². The molecule has 0 aromatic heterocycles. The maximum atomic E-state index is 13.4. The number of anilines is 2.